The molecule has 100 valence electrons. The number of hydrogen-bond donors (Lipinski definition) is 3. The molecule has 1 saturated carbocycles. The maximum atomic E-state index is 11.5. The van der Waals surface area contributed by atoms with Gasteiger partial charge < -0.3 is 24.6 Å². The van der Waals surface area contributed by atoms with E-state index in [9.17, 15) is 19.9 Å². The molecule has 7 heteroatoms. The highest BCUT2D eigenvalue weighted by atomic mass is 16.7. The van der Waals surface area contributed by atoms with Crippen LogP contribution in [0.15, 0.2) is 12.1 Å². The monoisotopic (exact) mass is 264 g/mol. The van der Waals surface area contributed by atoms with Crippen molar-refractivity contribution in [1.82, 2.24) is 0 Å². The van der Waals surface area contributed by atoms with Gasteiger partial charge in [-0.1, -0.05) is 12.5 Å². The SMILES string of the molecule is O=C(O)C1(c2ccc3c(c2B(O)O)OCO3)CCC1. The third kappa shape index (κ3) is 1.62. The minimum absolute atomic E-state index is 0.00141. The predicted octanol–water partition coefficient (Wildman–Crippen LogP) is -0.399. The fraction of sp³-hybridized carbons (Fsp3) is 0.417. The molecule has 0 unspecified atom stereocenters. The van der Waals surface area contributed by atoms with Crippen molar-refractivity contribution in [1.29, 1.82) is 0 Å². The molecule has 3 rings (SSSR count). The number of benzene rings is 1. The molecule has 6 nitrogen and oxygen atoms in total. The second-order valence-corrected chi connectivity index (χ2v) is 4.88. The maximum Gasteiger partial charge on any atom is 0.492 e. The van der Waals surface area contributed by atoms with Gasteiger partial charge in [-0.3, -0.25) is 4.79 Å². The summed E-state index contributed by atoms with van der Waals surface area (Å²) in [6, 6.07) is 3.21. The average Bonchev–Trinajstić information content (AvgIpc) is 2.73. The third-order valence-electron chi connectivity index (χ3n) is 3.97. The lowest BCUT2D eigenvalue weighted by molar-refractivity contribution is -0.147. The van der Waals surface area contributed by atoms with Crippen molar-refractivity contribution in [3.8, 4) is 11.5 Å². The van der Waals surface area contributed by atoms with E-state index in [4.69, 9.17) is 9.47 Å². The smallest absolute Gasteiger partial charge is 0.481 e. The van der Waals surface area contributed by atoms with Crippen molar-refractivity contribution >= 4 is 18.6 Å². The third-order valence-corrected chi connectivity index (χ3v) is 3.97. The van der Waals surface area contributed by atoms with E-state index >= 15 is 0 Å². The van der Waals surface area contributed by atoms with Gasteiger partial charge in [-0.25, -0.2) is 0 Å². The lowest BCUT2D eigenvalue weighted by atomic mass is 9.59. The number of carboxylic acid groups (broad SMARTS) is 1. The van der Waals surface area contributed by atoms with Crippen LogP contribution >= 0.6 is 0 Å². The van der Waals surface area contributed by atoms with Gasteiger partial charge in [0.25, 0.3) is 0 Å². The molecule has 1 aliphatic carbocycles. The second kappa shape index (κ2) is 4.14. The lowest BCUT2D eigenvalue weighted by Crippen LogP contribution is -2.49. The Labute approximate surface area is 109 Å². The maximum absolute atomic E-state index is 11.5. The highest BCUT2D eigenvalue weighted by Gasteiger charge is 2.49. The zero-order valence-electron chi connectivity index (χ0n) is 10.1. The van der Waals surface area contributed by atoms with E-state index in [1.54, 1.807) is 12.1 Å². The summed E-state index contributed by atoms with van der Waals surface area (Å²) in [6.07, 6.45) is 1.78. The van der Waals surface area contributed by atoms with Gasteiger partial charge in [-0.15, -0.1) is 0 Å². The van der Waals surface area contributed by atoms with Gasteiger partial charge in [0.15, 0.2) is 11.5 Å². The largest absolute Gasteiger partial charge is 0.492 e. The van der Waals surface area contributed by atoms with Crippen molar-refractivity contribution < 1.29 is 29.4 Å². The summed E-state index contributed by atoms with van der Waals surface area (Å²) in [6.45, 7) is -0.00141. The van der Waals surface area contributed by atoms with Crippen LogP contribution < -0.4 is 14.9 Å². The quantitative estimate of drug-likeness (QED) is 0.643. The molecule has 2 aliphatic rings. The van der Waals surface area contributed by atoms with Crippen molar-refractivity contribution in [3.63, 3.8) is 0 Å². The number of fused-ring (bicyclic) bond motifs is 1. The van der Waals surface area contributed by atoms with E-state index in [-0.39, 0.29) is 18.0 Å². The first-order valence-corrected chi connectivity index (χ1v) is 6.09. The Bertz CT molecular complexity index is 537. The molecule has 19 heavy (non-hydrogen) atoms. The van der Waals surface area contributed by atoms with Crippen molar-refractivity contribution in [2.24, 2.45) is 0 Å². The van der Waals surface area contributed by atoms with Crippen LogP contribution in [0.5, 0.6) is 11.5 Å². The van der Waals surface area contributed by atoms with E-state index < -0.39 is 18.5 Å². The van der Waals surface area contributed by atoms with Gasteiger partial charge in [-0.2, -0.15) is 0 Å². The number of hydrogen-bond acceptors (Lipinski definition) is 5. The number of rotatable bonds is 3. The summed E-state index contributed by atoms with van der Waals surface area (Å²) >= 11 is 0. The Hall–Kier alpha value is -1.73. The van der Waals surface area contributed by atoms with E-state index in [0.29, 0.717) is 24.2 Å². The summed E-state index contributed by atoms with van der Waals surface area (Å²) in [5, 5.41) is 28.6. The Morgan fingerprint density at radius 1 is 1.26 bits per heavy atom. The minimum atomic E-state index is -1.79. The molecular formula is C12H13BO6. The molecule has 1 aromatic carbocycles. The average molecular weight is 264 g/mol. The van der Waals surface area contributed by atoms with Crippen molar-refractivity contribution in [2.45, 2.75) is 24.7 Å². The molecule has 1 aliphatic heterocycles. The summed E-state index contributed by atoms with van der Waals surface area (Å²) in [7, 11) is -1.79. The lowest BCUT2D eigenvalue weighted by Gasteiger charge is -2.39. The summed E-state index contributed by atoms with van der Waals surface area (Å²) in [4.78, 5) is 11.5. The fourth-order valence-corrected chi connectivity index (χ4v) is 2.80. The van der Waals surface area contributed by atoms with Gasteiger partial charge in [-0.05, 0) is 24.5 Å². The predicted molar refractivity (Wildman–Crippen MR) is 65.6 cm³/mol. The van der Waals surface area contributed by atoms with Crippen LogP contribution in [0.4, 0.5) is 0 Å². The molecule has 1 fully saturated rings. The molecular weight excluding hydrogens is 251 g/mol. The van der Waals surface area contributed by atoms with Crippen LogP contribution in [0.2, 0.25) is 0 Å². The standard InChI is InChI=1S/C12H13BO6/c14-11(15)12(4-1-5-12)7-2-3-8-10(19-6-18-8)9(7)13(16)17/h2-3,16-17H,1,4-6H2,(H,14,15). The van der Waals surface area contributed by atoms with Crippen LogP contribution in [-0.4, -0.2) is 35.0 Å². The minimum Gasteiger partial charge on any atom is -0.481 e. The van der Waals surface area contributed by atoms with Crippen molar-refractivity contribution in [3.05, 3.63) is 17.7 Å². The molecule has 0 aromatic heterocycles. The van der Waals surface area contributed by atoms with Gasteiger partial charge >= 0.3 is 13.1 Å². The molecule has 0 saturated heterocycles. The summed E-state index contributed by atoms with van der Waals surface area (Å²) < 4.78 is 10.4. The van der Waals surface area contributed by atoms with Gasteiger partial charge in [0.2, 0.25) is 6.79 Å². The molecule has 0 radical (unpaired) electrons. The Balaban J connectivity index is 2.19. The first kappa shape index (κ1) is 12.3. The topological polar surface area (TPSA) is 96.2 Å². The first-order valence-electron chi connectivity index (χ1n) is 6.09. The Morgan fingerprint density at radius 3 is 2.53 bits per heavy atom. The molecule has 0 atom stereocenters. The summed E-state index contributed by atoms with van der Waals surface area (Å²) in [5.41, 5.74) is -0.525. The first-order chi connectivity index (χ1) is 9.06. The number of carboxylic acids is 1. The zero-order chi connectivity index (χ0) is 13.6. The zero-order valence-corrected chi connectivity index (χ0v) is 10.1. The van der Waals surface area contributed by atoms with Gasteiger partial charge in [0.05, 0.1) is 5.41 Å². The van der Waals surface area contributed by atoms with Gasteiger partial charge in [0, 0.05) is 5.46 Å². The molecule has 3 N–H and O–H groups in total. The second-order valence-electron chi connectivity index (χ2n) is 4.88. The van der Waals surface area contributed by atoms with E-state index in [1.165, 1.54) is 0 Å². The Kier molecular flexibility index (Phi) is 2.69. The van der Waals surface area contributed by atoms with E-state index in [0.717, 1.165) is 6.42 Å². The molecule has 1 aromatic rings. The Morgan fingerprint density at radius 2 is 2.00 bits per heavy atom. The number of aliphatic carboxylic acids is 1. The van der Waals surface area contributed by atoms with E-state index in [2.05, 4.69) is 0 Å². The molecule has 0 bridgehead atoms. The van der Waals surface area contributed by atoms with Crippen LogP contribution in [0.1, 0.15) is 24.8 Å². The molecule has 0 amide bonds. The molecule has 0 spiro atoms. The van der Waals surface area contributed by atoms with Crippen LogP contribution in [-0.2, 0) is 10.2 Å². The van der Waals surface area contributed by atoms with Crippen LogP contribution in [0.3, 0.4) is 0 Å². The molecule has 1 heterocycles. The normalized spacial score (nSPS) is 18.8. The fourth-order valence-electron chi connectivity index (χ4n) is 2.80. The number of ether oxygens (including phenoxy) is 2. The highest BCUT2D eigenvalue weighted by Crippen LogP contribution is 2.45. The van der Waals surface area contributed by atoms with Gasteiger partial charge in [0.1, 0.15) is 0 Å². The van der Waals surface area contributed by atoms with Crippen LogP contribution in [0.25, 0.3) is 0 Å². The summed E-state index contributed by atoms with van der Waals surface area (Å²) in [5.74, 6) is -0.300. The van der Waals surface area contributed by atoms with E-state index in [1.807, 2.05) is 0 Å². The highest BCUT2D eigenvalue weighted by molar-refractivity contribution is 6.60. The van der Waals surface area contributed by atoms with Crippen LogP contribution in [0, 0.1) is 0 Å². The van der Waals surface area contributed by atoms with Crippen molar-refractivity contribution in [2.75, 3.05) is 6.79 Å². The number of carbonyl (C=O) groups is 1.